The van der Waals surface area contributed by atoms with Crippen LogP contribution in [0.3, 0.4) is 0 Å². The summed E-state index contributed by atoms with van der Waals surface area (Å²) < 4.78 is 10.3. The van der Waals surface area contributed by atoms with Crippen LogP contribution in [-0.4, -0.2) is 16.7 Å². The molecule has 0 saturated heterocycles. The van der Waals surface area contributed by atoms with E-state index in [4.69, 9.17) is 9.47 Å². The third kappa shape index (κ3) is 4.37. The maximum atomic E-state index is 11.3. The van der Waals surface area contributed by atoms with Crippen molar-refractivity contribution in [3.63, 3.8) is 0 Å². The van der Waals surface area contributed by atoms with Gasteiger partial charge in [-0.2, -0.15) is 0 Å². The molecule has 118 valence electrons. The Balaban J connectivity index is 2.19. The molecule has 0 atom stereocenters. The van der Waals surface area contributed by atoms with E-state index in [1.165, 1.54) is 12.1 Å². The van der Waals surface area contributed by atoms with E-state index in [1.807, 2.05) is 30.3 Å². The summed E-state index contributed by atoms with van der Waals surface area (Å²) in [6, 6.07) is 13.1. The first-order valence-electron chi connectivity index (χ1n) is 6.65. The summed E-state index contributed by atoms with van der Waals surface area (Å²) in [6.07, 6.45) is 0. The first-order chi connectivity index (χ1) is 11.0. The quantitative estimate of drug-likeness (QED) is 0.267. The fraction of sp³-hybridized carbons (Fsp3) is 0.125. The molecule has 0 spiro atoms. The molecule has 0 heterocycles. The van der Waals surface area contributed by atoms with Gasteiger partial charge in [0, 0.05) is 19.1 Å². The van der Waals surface area contributed by atoms with Crippen molar-refractivity contribution in [3.8, 4) is 11.5 Å². The highest BCUT2D eigenvalue weighted by molar-refractivity contribution is 6.33. The van der Waals surface area contributed by atoms with Gasteiger partial charge in [-0.25, -0.2) is 4.79 Å². The lowest BCUT2D eigenvalue weighted by Gasteiger charge is -2.08. The Bertz CT molecular complexity index is 741. The molecule has 0 unspecified atom stereocenters. The summed E-state index contributed by atoms with van der Waals surface area (Å²) in [4.78, 5) is 32.5. The number of benzene rings is 2. The van der Waals surface area contributed by atoms with E-state index in [9.17, 15) is 19.7 Å². The number of rotatable bonds is 6. The Labute approximate surface area is 131 Å². The van der Waals surface area contributed by atoms with E-state index in [0.717, 1.165) is 18.6 Å². The van der Waals surface area contributed by atoms with Crippen LogP contribution in [-0.2, 0) is 16.2 Å². The monoisotopic (exact) mass is 315 g/mol. The van der Waals surface area contributed by atoms with Gasteiger partial charge in [0.15, 0.2) is 0 Å². The fourth-order valence-electron chi connectivity index (χ4n) is 1.73. The number of nitrogens with zero attached hydrogens (tertiary/aromatic N) is 1. The van der Waals surface area contributed by atoms with E-state index in [1.54, 1.807) is 0 Å². The van der Waals surface area contributed by atoms with E-state index < -0.39 is 22.4 Å². The molecule has 7 nitrogen and oxygen atoms in total. The molecule has 0 fully saturated rings. The van der Waals surface area contributed by atoms with Crippen molar-refractivity contribution < 1.29 is 24.0 Å². The van der Waals surface area contributed by atoms with Crippen LogP contribution in [0.2, 0.25) is 0 Å². The third-order valence-electron chi connectivity index (χ3n) is 2.87. The van der Waals surface area contributed by atoms with Gasteiger partial charge in [0.25, 0.3) is 0 Å². The highest BCUT2D eigenvalue weighted by Gasteiger charge is 2.21. The maximum Gasteiger partial charge on any atom is 0.379 e. The van der Waals surface area contributed by atoms with Crippen LogP contribution in [0.25, 0.3) is 0 Å². The number of hydrogen-bond donors (Lipinski definition) is 0. The summed E-state index contributed by atoms with van der Waals surface area (Å²) in [7, 11) is 0. The van der Waals surface area contributed by atoms with Crippen molar-refractivity contribution in [2.24, 2.45) is 0 Å². The van der Waals surface area contributed by atoms with E-state index >= 15 is 0 Å². The number of ether oxygens (including phenoxy) is 2. The van der Waals surface area contributed by atoms with E-state index in [2.05, 4.69) is 0 Å². The molecule has 0 aliphatic heterocycles. The van der Waals surface area contributed by atoms with Crippen LogP contribution in [0.1, 0.15) is 12.5 Å². The minimum absolute atomic E-state index is 0.249. The second kappa shape index (κ2) is 7.17. The third-order valence-corrected chi connectivity index (χ3v) is 2.87. The number of Topliss-reactive ketones (excluding diaryl/α,β-unsaturated/α-hetero) is 1. The number of ketones is 1. The van der Waals surface area contributed by atoms with Gasteiger partial charge in [0.1, 0.15) is 12.4 Å². The van der Waals surface area contributed by atoms with Crippen LogP contribution < -0.4 is 9.47 Å². The summed E-state index contributed by atoms with van der Waals surface area (Å²) >= 11 is 0. The minimum atomic E-state index is -1.17. The molecular formula is C16H13NO6. The first kappa shape index (κ1) is 16.2. The maximum absolute atomic E-state index is 11.3. The van der Waals surface area contributed by atoms with Crippen molar-refractivity contribution >= 4 is 17.4 Å². The zero-order chi connectivity index (χ0) is 16.8. The number of esters is 1. The second-order valence-corrected chi connectivity index (χ2v) is 4.61. The molecule has 7 heteroatoms. The van der Waals surface area contributed by atoms with Gasteiger partial charge >= 0.3 is 11.7 Å². The van der Waals surface area contributed by atoms with Gasteiger partial charge in [-0.15, -0.1) is 0 Å². The smallest absolute Gasteiger partial charge is 0.379 e. The molecular weight excluding hydrogens is 302 g/mol. The largest absolute Gasteiger partial charge is 0.489 e. The lowest BCUT2D eigenvalue weighted by molar-refractivity contribution is -0.385. The van der Waals surface area contributed by atoms with Crippen LogP contribution >= 0.6 is 0 Å². The van der Waals surface area contributed by atoms with Crippen molar-refractivity contribution in [1.29, 1.82) is 0 Å². The molecule has 2 aromatic rings. The average molecular weight is 315 g/mol. The Morgan fingerprint density at radius 2 is 1.83 bits per heavy atom. The minimum Gasteiger partial charge on any atom is -0.489 e. The molecule has 0 saturated carbocycles. The Morgan fingerprint density at radius 1 is 1.13 bits per heavy atom. The van der Waals surface area contributed by atoms with Gasteiger partial charge in [-0.3, -0.25) is 14.9 Å². The van der Waals surface area contributed by atoms with Gasteiger partial charge in [-0.1, -0.05) is 30.3 Å². The normalized spacial score (nSPS) is 9.96. The first-order valence-corrected chi connectivity index (χ1v) is 6.65. The molecule has 0 aromatic heterocycles. The average Bonchev–Trinajstić information content (AvgIpc) is 2.53. The molecule has 0 aliphatic rings. The summed E-state index contributed by atoms with van der Waals surface area (Å²) in [5, 5.41) is 11.0. The summed E-state index contributed by atoms with van der Waals surface area (Å²) in [5.74, 6) is -2.07. The van der Waals surface area contributed by atoms with E-state index in [-0.39, 0.29) is 18.1 Å². The molecule has 0 radical (unpaired) electrons. The molecule has 0 N–H and O–H groups in total. The van der Waals surface area contributed by atoms with Gasteiger partial charge in [0.2, 0.25) is 11.5 Å². The molecule has 2 rings (SSSR count). The van der Waals surface area contributed by atoms with Gasteiger partial charge in [0.05, 0.1) is 4.92 Å². The fourth-order valence-corrected chi connectivity index (χ4v) is 1.73. The van der Waals surface area contributed by atoms with E-state index in [0.29, 0.717) is 0 Å². The highest BCUT2D eigenvalue weighted by Crippen LogP contribution is 2.31. The SMILES string of the molecule is CC(=O)C(=O)Oc1cc(OCc2ccccc2)ccc1[N+](=O)[O-]. The zero-order valence-electron chi connectivity index (χ0n) is 12.2. The molecule has 2 aromatic carbocycles. The number of nitro benzene ring substituents is 1. The van der Waals surface area contributed by atoms with Crippen LogP contribution in [0.15, 0.2) is 48.5 Å². The predicted octanol–water partition coefficient (Wildman–Crippen LogP) is 2.67. The molecule has 0 aliphatic carbocycles. The lowest BCUT2D eigenvalue weighted by Crippen LogP contribution is -2.17. The van der Waals surface area contributed by atoms with Crippen molar-refractivity contribution in [2.75, 3.05) is 0 Å². The molecule has 0 bridgehead atoms. The number of carbonyl (C=O) groups is 2. The standard InChI is InChI=1S/C16H13NO6/c1-11(18)16(19)23-15-9-13(7-8-14(15)17(20)21)22-10-12-5-3-2-4-6-12/h2-9H,10H2,1H3. The number of carbonyl (C=O) groups excluding carboxylic acids is 2. The van der Waals surface area contributed by atoms with Gasteiger partial charge < -0.3 is 9.47 Å². The highest BCUT2D eigenvalue weighted by atomic mass is 16.6. The number of hydrogen-bond acceptors (Lipinski definition) is 6. The van der Waals surface area contributed by atoms with Crippen molar-refractivity contribution in [1.82, 2.24) is 0 Å². The van der Waals surface area contributed by atoms with Crippen molar-refractivity contribution in [2.45, 2.75) is 13.5 Å². The topological polar surface area (TPSA) is 95.7 Å². The Morgan fingerprint density at radius 3 is 2.43 bits per heavy atom. The Hall–Kier alpha value is -3.22. The Kier molecular flexibility index (Phi) is 5.03. The lowest BCUT2D eigenvalue weighted by atomic mass is 10.2. The molecule has 0 amide bonds. The number of nitro groups is 1. The predicted molar refractivity (Wildman–Crippen MR) is 80.2 cm³/mol. The summed E-state index contributed by atoms with van der Waals surface area (Å²) in [5.41, 5.74) is 0.486. The summed E-state index contributed by atoms with van der Waals surface area (Å²) in [6.45, 7) is 1.27. The molecule has 23 heavy (non-hydrogen) atoms. The second-order valence-electron chi connectivity index (χ2n) is 4.61. The van der Waals surface area contributed by atoms with Crippen molar-refractivity contribution in [3.05, 3.63) is 64.2 Å². The van der Waals surface area contributed by atoms with Crippen LogP contribution in [0.5, 0.6) is 11.5 Å². The van der Waals surface area contributed by atoms with Crippen LogP contribution in [0, 0.1) is 10.1 Å². The van der Waals surface area contributed by atoms with Gasteiger partial charge in [-0.05, 0) is 11.6 Å². The zero-order valence-corrected chi connectivity index (χ0v) is 12.2. The van der Waals surface area contributed by atoms with Crippen LogP contribution in [0.4, 0.5) is 5.69 Å².